The van der Waals surface area contributed by atoms with E-state index < -0.39 is 12.3 Å². The largest absolute Gasteiger partial charge is 0.573 e. The van der Waals surface area contributed by atoms with Crippen LogP contribution in [0, 0.1) is 13.8 Å². The van der Waals surface area contributed by atoms with E-state index in [4.69, 9.17) is 4.74 Å². The van der Waals surface area contributed by atoms with Crippen LogP contribution in [0.4, 0.5) is 13.2 Å². The van der Waals surface area contributed by atoms with E-state index in [2.05, 4.69) is 9.84 Å². The number of hydrogen-bond acceptors (Lipinski definition) is 4. The number of ether oxygens (including phenoxy) is 2. The normalized spacial score (nSPS) is 11.4. The van der Waals surface area contributed by atoms with Crippen molar-refractivity contribution >= 4 is 5.97 Å². The Morgan fingerprint density at radius 2 is 1.88 bits per heavy atom. The Labute approximate surface area is 137 Å². The Hall–Kier alpha value is -2.51. The quantitative estimate of drug-likeness (QED) is 0.754. The number of aromatic nitrogens is 2. The maximum atomic E-state index is 12.1. The first-order chi connectivity index (χ1) is 11.2. The molecule has 0 saturated heterocycles. The van der Waals surface area contributed by atoms with Crippen molar-refractivity contribution in [3.8, 4) is 5.75 Å². The number of carbonyl (C=O) groups is 1. The molecule has 0 atom stereocenters. The standard InChI is InChI=1S/C16H17F3N2O3/c1-11-9-12(2)21(20-11)8-7-15(22)23-10-13-3-5-14(6-4-13)24-16(17,18)19/h3-6,9H,7-8,10H2,1-2H3. The molecule has 0 N–H and O–H groups in total. The highest BCUT2D eigenvalue weighted by molar-refractivity contribution is 5.69. The molecule has 0 aliphatic heterocycles. The number of aryl methyl sites for hydroxylation is 3. The van der Waals surface area contributed by atoms with E-state index in [-0.39, 0.29) is 18.8 Å². The van der Waals surface area contributed by atoms with Gasteiger partial charge in [0, 0.05) is 5.69 Å². The number of rotatable bonds is 6. The zero-order valence-electron chi connectivity index (χ0n) is 13.3. The van der Waals surface area contributed by atoms with Gasteiger partial charge in [-0.3, -0.25) is 9.48 Å². The van der Waals surface area contributed by atoms with E-state index in [9.17, 15) is 18.0 Å². The van der Waals surface area contributed by atoms with Gasteiger partial charge in [0.2, 0.25) is 0 Å². The average molecular weight is 342 g/mol. The highest BCUT2D eigenvalue weighted by Gasteiger charge is 2.30. The van der Waals surface area contributed by atoms with E-state index in [0.717, 1.165) is 11.4 Å². The summed E-state index contributed by atoms with van der Waals surface area (Å²) in [6, 6.07) is 7.08. The first-order valence-electron chi connectivity index (χ1n) is 7.24. The third-order valence-electron chi connectivity index (χ3n) is 3.19. The molecule has 8 heteroatoms. The van der Waals surface area contributed by atoms with Gasteiger partial charge >= 0.3 is 12.3 Å². The van der Waals surface area contributed by atoms with Crippen LogP contribution in [-0.2, 0) is 22.7 Å². The molecule has 24 heavy (non-hydrogen) atoms. The minimum atomic E-state index is -4.73. The second kappa shape index (κ2) is 7.37. The van der Waals surface area contributed by atoms with Crippen LogP contribution in [0.2, 0.25) is 0 Å². The zero-order chi connectivity index (χ0) is 17.7. The summed E-state index contributed by atoms with van der Waals surface area (Å²) in [4.78, 5) is 11.7. The van der Waals surface area contributed by atoms with Crippen LogP contribution in [0.5, 0.6) is 5.75 Å². The summed E-state index contributed by atoms with van der Waals surface area (Å²) in [7, 11) is 0. The fourth-order valence-electron chi connectivity index (χ4n) is 2.12. The summed E-state index contributed by atoms with van der Waals surface area (Å²) in [6.45, 7) is 4.17. The van der Waals surface area contributed by atoms with Gasteiger partial charge in [-0.25, -0.2) is 0 Å². The van der Waals surface area contributed by atoms with Gasteiger partial charge in [0.1, 0.15) is 12.4 Å². The SMILES string of the molecule is Cc1cc(C)n(CCC(=O)OCc2ccc(OC(F)(F)F)cc2)n1. The van der Waals surface area contributed by atoms with E-state index in [1.807, 2.05) is 19.9 Å². The lowest BCUT2D eigenvalue weighted by atomic mass is 10.2. The lowest BCUT2D eigenvalue weighted by Crippen LogP contribution is -2.17. The van der Waals surface area contributed by atoms with Crippen LogP contribution in [0.3, 0.4) is 0 Å². The van der Waals surface area contributed by atoms with Gasteiger partial charge in [-0.15, -0.1) is 13.2 Å². The molecule has 0 amide bonds. The monoisotopic (exact) mass is 342 g/mol. The first kappa shape index (κ1) is 17.8. The topological polar surface area (TPSA) is 53.4 Å². The molecule has 2 rings (SSSR count). The predicted molar refractivity (Wildman–Crippen MR) is 79.2 cm³/mol. The minimum absolute atomic E-state index is 0.0117. The molecule has 0 aliphatic rings. The van der Waals surface area contributed by atoms with Gasteiger partial charge in [-0.2, -0.15) is 5.10 Å². The van der Waals surface area contributed by atoms with Crippen LogP contribution in [0.25, 0.3) is 0 Å². The smallest absolute Gasteiger partial charge is 0.461 e. The maximum absolute atomic E-state index is 12.1. The number of carbonyl (C=O) groups excluding carboxylic acids is 1. The van der Waals surface area contributed by atoms with E-state index in [1.54, 1.807) is 4.68 Å². The molecule has 0 bridgehead atoms. The van der Waals surface area contributed by atoms with Crippen molar-refractivity contribution in [2.45, 2.75) is 39.8 Å². The summed E-state index contributed by atoms with van der Waals surface area (Å²) < 4.78 is 46.7. The average Bonchev–Trinajstić information content (AvgIpc) is 2.81. The molecule has 2 aromatic rings. The van der Waals surface area contributed by atoms with Gasteiger partial charge in [0.05, 0.1) is 18.7 Å². The third-order valence-corrected chi connectivity index (χ3v) is 3.19. The van der Waals surface area contributed by atoms with Gasteiger partial charge in [-0.05, 0) is 37.6 Å². The third kappa shape index (κ3) is 5.60. The Balaban J connectivity index is 1.78. The van der Waals surface area contributed by atoms with Crippen molar-refractivity contribution < 1.29 is 27.4 Å². The highest BCUT2D eigenvalue weighted by atomic mass is 19.4. The van der Waals surface area contributed by atoms with E-state index in [1.165, 1.54) is 24.3 Å². The Morgan fingerprint density at radius 3 is 2.42 bits per heavy atom. The molecule has 0 radical (unpaired) electrons. The van der Waals surface area contributed by atoms with E-state index >= 15 is 0 Å². The van der Waals surface area contributed by atoms with Crippen LogP contribution >= 0.6 is 0 Å². The summed E-state index contributed by atoms with van der Waals surface area (Å²) >= 11 is 0. The number of halogens is 3. The molecule has 0 fully saturated rings. The van der Waals surface area contributed by atoms with Crippen molar-refractivity contribution in [1.29, 1.82) is 0 Å². The molecule has 0 unspecified atom stereocenters. The number of nitrogens with zero attached hydrogens (tertiary/aromatic N) is 2. The molecular formula is C16H17F3N2O3. The molecule has 1 aromatic carbocycles. The second-order valence-corrected chi connectivity index (χ2v) is 5.25. The minimum Gasteiger partial charge on any atom is -0.461 e. The molecular weight excluding hydrogens is 325 g/mol. The van der Waals surface area contributed by atoms with Crippen molar-refractivity contribution in [3.63, 3.8) is 0 Å². The lowest BCUT2D eigenvalue weighted by Gasteiger charge is -2.09. The number of hydrogen-bond donors (Lipinski definition) is 0. The lowest BCUT2D eigenvalue weighted by molar-refractivity contribution is -0.274. The molecule has 130 valence electrons. The van der Waals surface area contributed by atoms with E-state index in [0.29, 0.717) is 12.1 Å². The number of benzene rings is 1. The van der Waals surface area contributed by atoms with Gasteiger partial charge in [-0.1, -0.05) is 12.1 Å². The summed E-state index contributed by atoms with van der Waals surface area (Å²) in [6.07, 6.45) is -4.56. The summed E-state index contributed by atoms with van der Waals surface area (Å²) in [5.41, 5.74) is 2.41. The Bertz CT molecular complexity index is 694. The Kier molecular flexibility index (Phi) is 5.48. The zero-order valence-corrected chi connectivity index (χ0v) is 13.3. The second-order valence-electron chi connectivity index (χ2n) is 5.25. The van der Waals surface area contributed by atoms with Crippen molar-refractivity contribution in [1.82, 2.24) is 9.78 Å². The van der Waals surface area contributed by atoms with Gasteiger partial charge < -0.3 is 9.47 Å². The Morgan fingerprint density at radius 1 is 1.21 bits per heavy atom. The predicted octanol–water partition coefficient (Wildman–Crippen LogP) is 3.53. The molecule has 1 heterocycles. The molecule has 5 nitrogen and oxygen atoms in total. The summed E-state index contributed by atoms with van der Waals surface area (Å²) in [5, 5.41) is 4.24. The van der Waals surface area contributed by atoms with Crippen LogP contribution in [0.1, 0.15) is 23.4 Å². The van der Waals surface area contributed by atoms with Crippen molar-refractivity contribution in [2.24, 2.45) is 0 Å². The fraction of sp³-hybridized carbons (Fsp3) is 0.375. The van der Waals surface area contributed by atoms with Crippen molar-refractivity contribution in [3.05, 3.63) is 47.3 Å². The van der Waals surface area contributed by atoms with Crippen LogP contribution < -0.4 is 4.74 Å². The number of alkyl halides is 3. The molecule has 0 spiro atoms. The number of esters is 1. The molecule has 1 aromatic heterocycles. The first-order valence-corrected chi connectivity index (χ1v) is 7.24. The molecule has 0 aliphatic carbocycles. The van der Waals surface area contributed by atoms with Gasteiger partial charge in [0.15, 0.2) is 0 Å². The van der Waals surface area contributed by atoms with Gasteiger partial charge in [0.25, 0.3) is 0 Å². The fourth-order valence-corrected chi connectivity index (χ4v) is 2.12. The van der Waals surface area contributed by atoms with Crippen molar-refractivity contribution in [2.75, 3.05) is 0 Å². The molecule has 0 saturated carbocycles. The maximum Gasteiger partial charge on any atom is 0.573 e. The van der Waals surface area contributed by atoms with Crippen LogP contribution in [0.15, 0.2) is 30.3 Å². The highest BCUT2D eigenvalue weighted by Crippen LogP contribution is 2.22. The summed E-state index contributed by atoms with van der Waals surface area (Å²) in [5.74, 6) is -0.722. The van der Waals surface area contributed by atoms with Crippen LogP contribution in [-0.4, -0.2) is 22.1 Å².